The molecule has 0 unspecified atom stereocenters. The molecular weight excluding hydrogens is 304 g/mol. The van der Waals surface area contributed by atoms with Gasteiger partial charge in [0.25, 0.3) is 0 Å². The summed E-state index contributed by atoms with van der Waals surface area (Å²) in [5.74, 6) is 1.08. The van der Waals surface area contributed by atoms with Crippen LogP contribution >= 0.6 is 0 Å². The lowest BCUT2D eigenvalue weighted by Gasteiger charge is -2.29. The Morgan fingerprint density at radius 2 is 2.08 bits per heavy atom. The number of β-amino-alcohol motifs (C(OH)–C–C–N with tert-alkyl or cyclic N) is 1. The molecule has 2 aromatic rings. The number of hydrogen-bond donors (Lipinski definition) is 1. The summed E-state index contributed by atoms with van der Waals surface area (Å²) < 4.78 is 5.14. The molecule has 0 saturated carbocycles. The van der Waals surface area contributed by atoms with Gasteiger partial charge in [-0.3, -0.25) is 4.90 Å². The Balaban J connectivity index is 1.60. The van der Waals surface area contributed by atoms with Gasteiger partial charge in [0.1, 0.15) is 0 Å². The van der Waals surface area contributed by atoms with Gasteiger partial charge in [0, 0.05) is 38.9 Å². The van der Waals surface area contributed by atoms with Crippen LogP contribution in [0.15, 0.2) is 42.6 Å². The van der Waals surface area contributed by atoms with Gasteiger partial charge in [-0.1, -0.05) is 30.3 Å². The number of likely N-dealkylation sites (N-methyl/N-ethyl adjacent to an activating group) is 1. The monoisotopic (exact) mass is 328 g/mol. The van der Waals surface area contributed by atoms with Crippen LogP contribution in [-0.2, 0) is 6.54 Å². The van der Waals surface area contributed by atoms with Gasteiger partial charge in [-0.05, 0) is 12.0 Å². The van der Waals surface area contributed by atoms with E-state index in [0.29, 0.717) is 24.9 Å². The fourth-order valence-corrected chi connectivity index (χ4v) is 3.19. The van der Waals surface area contributed by atoms with Gasteiger partial charge in [-0.2, -0.15) is 4.98 Å². The van der Waals surface area contributed by atoms with Crippen LogP contribution in [0.1, 0.15) is 12.0 Å². The average molecular weight is 328 g/mol. The quantitative estimate of drug-likeness (QED) is 0.868. The summed E-state index contributed by atoms with van der Waals surface area (Å²) in [6.07, 6.45) is 2.41. The van der Waals surface area contributed by atoms with E-state index < -0.39 is 5.60 Å². The maximum absolute atomic E-state index is 10.9. The van der Waals surface area contributed by atoms with Crippen molar-refractivity contribution in [2.75, 3.05) is 38.7 Å². The standard InChI is InChI=1S/C18H24N4O2/c1-21(17-19-10-8-16(20-17)24-2)13-18(23)9-11-22(14-18)12-15-6-4-3-5-7-15/h3-8,10,23H,9,11-14H2,1-2H3/t18-/m1/s1. The van der Waals surface area contributed by atoms with Crippen LogP contribution in [0.4, 0.5) is 5.95 Å². The molecule has 1 fully saturated rings. The topological polar surface area (TPSA) is 61.7 Å². The highest BCUT2D eigenvalue weighted by molar-refractivity contribution is 5.31. The van der Waals surface area contributed by atoms with E-state index in [0.717, 1.165) is 19.5 Å². The predicted molar refractivity (Wildman–Crippen MR) is 93.1 cm³/mol. The van der Waals surface area contributed by atoms with E-state index in [9.17, 15) is 5.11 Å². The van der Waals surface area contributed by atoms with Crippen molar-refractivity contribution in [1.82, 2.24) is 14.9 Å². The van der Waals surface area contributed by atoms with Crippen LogP contribution in [0.2, 0.25) is 0 Å². The Morgan fingerprint density at radius 1 is 1.29 bits per heavy atom. The second-order valence-corrected chi connectivity index (χ2v) is 6.43. The molecule has 1 saturated heterocycles. The molecule has 3 rings (SSSR count). The largest absolute Gasteiger partial charge is 0.481 e. The molecule has 1 atom stereocenters. The minimum atomic E-state index is -0.754. The molecule has 2 heterocycles. The summed E-state index contributed by atoms with van der Waals surface area (Å²) in [7, 11) is 3.48. The molecule has 0 radical (unpaired) electrons. The summed E-state index contributed by atoms with van der Waals surface area (Å²) in [5, 5.41) is 10.9. The van der Waals surface area contributed by atoms with Crippen LogP contribution < -0.4 is 9.64 Å². The molecule has 0 aliphatic carbocycles. The predicted octanol–water partition coefficient (Wildman–Crippen LogP) is 1.56. The number of nitrogens with zero attached hydrogens (tertiary/aromatic N) is 4. The molecule has 6 nitrogen and oxygen atoms in total. The zero-order chi connectivity index (χ0) is 17.0. The minimum Gasteiger partial charge on any atom is -0.481 e. The van der Waals surface area contributed by atoms with Crippen LogP contribution in [0.3, 0.4) is 0 Å². The lowest BCUT2D eigenvalue weighted by molar-refractivity contribution is 0.0559. The van der Waals surface area contributed by atoms with Crippen molar-refractivity contribution in [3.05, 3.63) is 48.2 Å². The number of aliphatic hydroxyl groups is 1. The number of likely N-dealkylation sites (tertiary alicyclic amines) is 1. The maximum atomic E-state index is 10.9. The summed E-state index contributed by atoms with van der Waals surface area (Å²) in [6.45, 7) is 2.89. The van der Waals surface area contributed by atoms with Gasteiger partial charge in [-0.15, -0.1) is 0 Å². The fourth-order valence-electron chi connectivity index (χ4n) is 3.19. The van der Waals surface area contributed by atoms with E-state index in [-0.39, 0.29) is 0 Å². The number of anilines is 1. The lowest BCUT2D eigenvalue weighted by Crippen LogP contribution is -2.44. The molecule has 1 aliphatic rings. The van der Waals surface area contributed by atoms with Crippen LogP contribution in [-0.4, -0.2) is 59.4 Å². The van der Waals surface area contributed by atoms with Crippen LogP contribution in [0, 0.1) is 0 Å². The number of hydrogen-bond acceptors (Lipinski definition) is 6. The van der Waals surface area contributed by atoms with Crippen molar-refractivity contribution in [2.45, 2.75) is 18.6 Å². The van der Waals surface area contributed by atoms with Gasteiger partial charge in [-0.25, -0.2) is 4.98 Å². The van der Waals surface area contributed by atoms with E-state index in [2.05, 4.69) is 27.0 Å². The lowest BCUT2D eigenvalue weighted by atomic mass is 10.0. The number of benzene rings is 1. The van der Waals surface area contributed by atoms with Gasteiger partial charge in [0.05, 0.1) is 19.3 Å². The number of rotatable bonds is 6. The SMILES string of the molecule is COc1ccnc(N(C)C[C@]2(O)CCN(Cc3ccccc3)C2)n1. The Hall–Kier alpha value is -2.18. The molecule has 6 heteroatoms. The Labute approximate surface area is 142 Å². The molecule has 0 spiro atoms. The van der Waals surface area contributed by atoms with Crippen molar-refractivity contribution in [3.8, 4) is 5.88 Å². The first-order valence-corrected chi connectivity index (χ1v) is 8.15. The first-order valence-electron chi connectivity index (χ1n) is 8.15. The first-order chi connectivity index (χ1) is 11.6. The van der Waals surface area contributed by atoms with Crippen LogP contribution in [0.5, 0.6) is 5.88 Å². The van der Waals surface area contributed by atoms with Crippen molar-refractivity contribution in [2.24, 2.45) is 0 Å². The van der Waals surface area contributed by atoms with E-state index in [1.54, 1.807) is 19.4 Å². The zero-order valence-corrected chi connectivity index (χ0v) is 14.2. The Bertz CT molecular complexity index is 667. The van der Waals surface area contributed by atoms with Crippen molar-refractivity contribution < 1.29 is 9.84 Å². The molecule has 1 aliphatic heterocycles. The second-order valence-electron chi connectivity index (χ2n) is 6.43. The highest BCUT2D eigenvalue weighted by Gasteiger charge is 2.37. The average Bonchev–Trinajstić information content (AvgIpc) is 2.96. The number of ether oxygens (including phenoxy) is 1. The Morgan fingerprint density at radius 3 is 2.83 bits per heavy atom. The fraction of sp³-hybridized carbons (Fsp3) is 0.444. The van der Waals surface area contributed by atoms with Crippen molar-refractivity contribution in [1.29, 1.82) is 0 Å². The normalized spacial score (nSPS) is 21.0. The minimum absolute atomic E-state index is 0.492. The molecule has 0 bridgehead atoms. The third kappa shape index (κ3) is 4.01. The summed E-state index contributed by atoms with van der Waals surface area (Å²) in [6, 6.07) is 12.1. The van der Waals surface area contributed by atoms with Gasteiger partial charge < -0.3 is 14.7 Å². The van der Waals surface area contributed by atoms with Crippen molar-refractivity contribution >= 4 is 5.95 Å². The van der Waals surface area contributed by atoms with E-state index in [1.165, 1.54) is 5.56 Å². The van der Waals surface area contributed by atoms with Gasteiger partial charge in [0.15, 0.2) is 0 Å². The summed E-state index contributed by atoms with van der Waals surface area (Å²) in [5.41, 5.74) is 0.516. The molecule has 1 aromatic carbocycles. The van der Waals surface area contributed by atoms with Gasteiger partial charge in [0.2, 0.25) is 11.8 Å². The zero-order valence-electron chi connectivity index (χ0n) is 14.2. The molecule has 24 heavy (non-hydrogen) atoms. The third-order valence-corrected chi connectivity index (χ3v) is 4.36. The van der Waals surface area contributed by atoms with Crippen LogP contribution in [0.25, 0.3) is 0 Å². The smallest absolute Gasteiger partial charge is 0.228 e. The molecule has 0 amide bonds. The van der Waals surface area contributed by atoms with E-state index in [1.807, 2.05) is 30.1 Å². The highest BCUT2D eigenvalue weighted by atomic mass is 16.5. The van der Waals surface area contributed by atoms with Crippen molar-refractivity contribution in [3.63, 3.8) is 0 Å². The first kappa shape index (κ1) is 16.7. The maximum Gasteiger partial charge on any atom is 0.228 e. The van der Waals surface area contributed by atoms with E-state index >= 15 is 0 Å². The molecular formula is C18H24N4O2. The summed E-state index contributed by atoms with van der Waals surface area (Å²) in [4.78, 5) is 12.7. The number of aromatic nitrogens is 2. The summed E-state index contributed by atoms with van der Waals surface area (Å²) >= 11 is 0. The van der Waals surface area contributed by atoms with E-state index in [4.69, 9.17) is 4.74 Å². The highest BCUT2D eigenvalue weighted by Crippen LogP contribution is 2.25. The third-order valence-electron chi connectivity index (χ3n) is 4.36. The Kier molecular flexibility index (Phi) is 4.97. The number of methoxy groups -OCH3 is 1. The van der Waals surface area contributed by atoms with Gasteiger partial charge >= 0.3 is 0 Å². The molecule has 128 valence electrons. The second kappa shape index (κ2) is 7.15. The molecule has 1 N–H and O–H groups in total. The molecule has 1 aromatic heterocycles.